The zero-order valence-corrected chi connectivity index (χ0v) is 15.3. The molecule has 1 aliphatic rings. The van der Waals surface area contributed by atoms with Gasteiger partial charge in [0.05, 0.1) is 12.5 Å². The Morgan fingerprint density at radius 3 is 2.88 bits per heavy atom. The Morgan fingerprint density at radius 1 is 1.23 bits per heavy atom. The molecule has 7 heteroatoms. The number of fused-ring (bicyclic) bond motifs is 3. The number of carbonyl (C=O) groups excluding carboxylic acids is 1. The summed E-state index contributed by atoms with van der Waals surface area (Å²) in [5.41, 5.74) is 7.85. The molecule has 2 N–H and O–H groups in total. The van der Waals surface area contributed by atoms with Gasteiger partial charge in [-0.2, -0.15) is 0 Å². The van der Waals surface area contributed by atoms with E-state index in [-0.39, 0.29) is 6.61 Å². The van der Waals surface area contributed by atoms with Crippen LogP contribution in [0, 0.1) is 0 Å². The van der Waals surface area contributed by atoms with Crippen LogP contribution in [0.3, 0.4) is 0 Å². The Morgan fingerprint density at radius 2 is 2.04 bits per heavy atom. The van der Waals surface area contributed by atoms with E-state index < -0.39 is 5.97 Å². The highest BCUT2D eigenvalue weighted by molar-refractivity contribution is 7.19. The molecular weight excluding hydrogens is 350 g/mol. The molecule has 0 spiro atoms. The van der Waals surface area contributed by atoms with E-state index >= 15 is 0 Å². The lowest BCUT2D eigenvalue weighted by atomic mass is 9.97. The molecule has 134 valence electrons. The van der Waals surface area contributed by atoms with Crippen LogP contribution in [0.5, 0.6) is 5.75 Å². The second-order valence-corrected chi connectivity index (χ2v) is 7.28. The lowest BCUT2D eigenvalue weighted by molar-refractivity contribution is 0.0459. The fourth-order valence-electron chi connectivity index (χ4n) is 3.32. The Bertz CT molecular complexity index is 984. The monoisotopic (exact) mass is 369 g/mol. The van der Waals surface area contributed by atoms with E-state index in [0.29, 0.717) is 23.0 Å². The lowest BCUT2D eigenvalue weighted by Gasteiger charge is -2.11. The fraction of sp³-hybridized carbons (Fsp3) is 0.316. The number of aromatic nitrogens is 2. The van der Waals surface area contributed by atoms with Gasteiger partial charge in [-0.1, -0.05) is 12.1 Å². The number of anilines is 1. The molecule has 3 aromatic rings. The van der Waals surface area contributed by atoms with E-state index in [1.54, 1.807) is 35.6 Å². The van der Waals surface area contributed by atoms with Crippen LogP contribution in [0.1, 0.15) is 39.5 Å². The molecule has 1 aromatic carbocycles. The lowest BCUT2D eigenvalue weighted by Crippen LogP contribution is -2.10. The number of aryl methyl sites for hydroxylation is 2. The SMILES string of the molecule is COc1ccccc1C(=O)OCc1nc(N)c2c3c(sc2n1)CCCC3. The number of benzene rings is 1. The molecule has 2 aromatic heterocycles. The van der Waals surface area contributed by atoms with Gasteiger partial charge < -0.3 is 15.2 Å². The van der Waals surface area contributed by atoms with Crippen molar-refractivity contribution in [3.8, 4) is 5.75 Å². The number of hydrogen-bond donors (Lipinski definition) is 1. The largest absolute Gasteiger partial charge is 0.496 e. The third-order valence-corrected chi connectivity index (χ3v) is 5.73. The smallest absolute Gasteiger partial charge is 0.342 e. The first-order valence-corrected chi connectivity index (χ1v) is 9.36. The first kappa shape index (κ1) is 16.8. The minimum Gasteiger partial charge on any atom is -0.496 e. The van der Waals surface area contributed by atoms with Crippen molar-refractivity contribution < 1.29 is 14.3 Å². The Kier molecular flexibility index (Phi) is 4.46. The second kappa shape index (κ2) is 6.92. The van der Waals surface area contributed by atoms with Gasteiger partial charge in [-0.25, -0.2) is 14.8 Å². The van der Waals surface area contributed by atoms with Gasteiger partial charge in [0.15, 0.2) is 12.4 Å². The first-order chi connectivity index (χ1) is 12.7. The molecule has 1 aliphatic carbocycles. The number of hydrogen-bond acceptors (Lipinski definition) is 7. The van der Waals surface area contributed by atoms with Crippen LogP contribution in [0.2, 0.25) is 0 Å². The third kappa shape index (κ3) is 2.99. The summed E-state index contributed by atoms with van der Waals surface area (Å²) in [5.74, 6) is 0.879. The number of methoxy groups -OCH3 is 1. The van der Waals surface area contributed by atoms with Crippen LogP contribution < -0.4 is 10.5 Å². The van der Waals surface area contributed by atoms with Crippen LogP contribution in [-0.4, -0.2) is 23.0 Å². The highest BCUT2D eigenvalue weighted by Gasteiger charge is 2.21. The third-order valence-electron chi connectivity index (χ3n) is 4.55. The van der Waals surface area contributed by atoms with Gasteiger partial charge in [-0.3, -0.25) is 0 Å². The molecule has 2 heterocycles. The number of nitrogens with zero attached hydrogens (tertiary/aromatic N) is 2. The van der Waals surface area contributed by atoms with Crippen LogP contribution in [-0.2, 0) is 24.2 Å². The summed E-state index contributed by atoms with van der Waals surface area (Å²) in [5, 5.41) is 0.976. The molecule has 4 rings (SSSR count). The number of ether oxygens (including phenoxy) is 2. The van der Waals surface area contributed by atoms with Crippen molar-refractivity contribution in [3.63, 3.8) is 0 Å². The van der Waals surface area contributed by atoms with E-state index in [1.165, 1.54) is 30.4 Å². The van der Waals surface area contributed by atoms with Gasteiger partial charge >= 0.3 is 5.97 Å². The maximum atomic E-state index is 12.3. The zero-order valence-electron chi connectivity index (χ0n) is 14.4. The van der Waals surface area contributed by atoms with Crippen molar-refractivity contribution in [2.45, 2.75) is 32.3 Å². The average Bonchev–Trinajstić information content (AvgIpc) is 3.05. The molecule has 0 unspecified atom stereocenters. The Hall–Kier alpha value is -2.67. The molecular formula is C19H19N3O3S. The predicted molar refractivity (Wildman–Crippen MR) is 101 cm³/mol. The summed E-state index contributed by atoms with van der Waals surface area (Å²) in [6.45, 7) is -0.0282. The van der Waals surface area contributed by atoms with E-state index in [4.69, 9.17) is 15.2 Å². The number of esters is 1. The summed E-state index contributed by atoms with van der Waals surface area (Å²) in [7, 11) is 1.52. The number of nitrogens with two attached hydrogens (primary N) is 1. The number of nitrogen functional groups attached to an aromatic ring is 1. The molecule has 26 heavy (non-hydrogen) atoms. The average molecular weight is 369 g/mol. The number of para-hydroxylation sites is 1. The van der Waals surface area contributed by atoms with E-state index in [2.05, 4.69) is 9.97 Å². The van der Waals surface area contributed by atoms with Crippen molar-refractivity contribution in [1.29, 1.82) is 0 Å². The minimum atomic E-state index is -0.477. The van der Waals surface area contributed by atoms with Gasteiger partial charge in [-0.05, 0) is 43.4 Å². The van der Waals surface area contributed by atoms with Crippen LogP contribution in [0.25, 0.3) is 10.2 Å². The molecule has 0 saturated heterocycles. The first-order valence-electron chi connectivity index (χ1n) is 8.54. The summed E-state index contributed by atoms with van der Waals surface area (Å²) >= 11 is 1.67. The fourth-order valence-corrected chi connectivity index (χ4v) is 4.61. The van der Waals surface area contributed by atoms with Gasteiger partial charge in [-0.15, -0.1) is 11.3 Å². The standard InChI is InChI=1S/C19H19N3O3S/c1-24-13-8-4-2-6-11(13)19(23)25-10-15-21-17(20)16-12-7-3-5-9-14(12)26-18(16)22-15/h2,4,6,8H,3,5,7,9-10H2,1H3,(H2,20,21,22). The van der Waals surface area contributed by atoms with Crippen LogP contribution in [0.15, 0.2) is 24.3 Å². The number of carbonyl (C=O) groups is 1. The molecule has 0 radical (unpaired) electrons. The molecule has 0 amide bonds. The minimum absolute atomic E-state index is 0.0282. The quantitative estimate of drug-likeness (QED) is 0.708. The normalized spacial score (nSPS) is 13.4. The van der Waals surface area contributed by atoms with Crippen LogP contribution in [0.4, 0.5) is 5.82 Å². The number of rotatable bonds is 4. The molecule has 6 nitrogen and oxygen atoms in total. The van der Waals surface area contributed by atoms with Crippen molar-refractivity contribution in [3.05, 3.63) is 46.1 Å². The molecule has 0 aliphatic heterocycles. The zero-order chi connectivity index (χ0) is 18.1. The maximum Gasteiger partial charge on any atom is 0.342 e. The summed E-state index contributed by atoms with van der Waals surface area (Å²) < 4.78 is 10.6. The maximum absolute atomic E-state index is 12.3. The van der Waals surface area contributed by atoms with E-state index in [0.717, 1.165) is 23.1 Å². The number of thiophene rings is 1. The van der Waals surface area contributed by atoms with Gasteiger partial charge in [0.1, 0.15) is 22.0 Å². The van der Waals surface area contributed by atoms with Gasteiger partial charge in [0.2, 0.25) is 0 Å². The second-order valence-electron chi connectivity index (χ2n) is 6.19. The van der Waals surface area contributed by atoms with Crippen molar-refractivity contribution in [2.75, 3.05) is 12.8 Å². The van der Waals surface area contributed by atoms with Crippen molar-refractivity contribution in [1.82, 2.24) is 9.97 Å². The highest BCUT2D eigenvalue weighted by atomic mass is 32.1. The van der Waals surface area contributed by atoms with E-state index in [1.807, 2.05) is 0 Å². The van der Waals surface area contributed by atoms with Gasteiger partial charge in [0.25, 0.3) is 0 Å². The molecule has 0 atom stereocenters. The van der Waals surface area contributed by atoms with E-state index in [9.17, 15) is 4.79 Å². The van der Waals surface area contributed by atoms with Gasteiger partial charge in [0, 0.05) is 4.88 Å². The Labute approximate surface area is 155 Å². The summed E-state index contributed by atoms with van der Waals surface area (Å²) in [4.78, 5) is 23.5. The summed E-state index contributed by atoms with van der Waals surface area (Å²) in [6, 6.07) is 6.93. The molecule has 0 fully saturated rings. The van der Waals surface area contributed by atoms with Crippen LogP contribution >= 0.6 is 11.3 Å². The Balaban J connectivity index is 1.57. The predicted octanol–water partition coefficient (Wildman–Crippen LogP) is 3.52. The molecule has 0 bridgehead atoms. The highest BCUT2D eigenvalue weighted by Crippen LogP contribution is 2.37. The van der Waals surface area contributed by atoms with Crippen molar-refractivity contribution in [2.24, 2.45) is 0 Å². The van der Waals surface area contributed by atoms with Crippen molar-refractivity contribution >= 4 is 33.3 Å². The topological polar surface area (TPSA) is 87.3 Å². The molecule has 0 saturated carbocycles. The summed E-state index contributed by atoms with van der Waals surface area (Å²) in [6.07, 6.45) is 4.49.